The smallest absolute Gasteiger partial charge is 0.341 e. The summed E-state index contributed by atoms with van der Waals surface area (Å²) in [6.45, 7) is 1.89. The van der Waals surface area contributed by atoms with Gasteiger partial charge in [-0.3, -0.25) is 4.79 Å². The van der Waals surface area contributed by atoms with Crippen molar-refractivity contribution in [3.8, 4) is 11.5 Å². The van der Waals surface area contributed by atoms with Gasteiger partial charge in [0.2, 0.25) is 0 Å². The van der Waals surface area contributed by atoms with Crippen molar-refractivity contribution in [2.45, 2.75) is 25.5 Å². The number of phenolic OH excluding ortho intramolecular Hbond substituents is 1. The van der Waals surface area contributed by atoms with Crippen molar-refractivity contribution in [3.63, 3.8) is 0 Å². The summed E-state index contributed by atoms with van der Waals surface area (Å²) in [5, 5.41) is 31.9. The molecule has 162 valence electrons. The van der Waals surface area contributed by atoms with Crippen LogP contribution >= 0.6 is 0 Å². The van der Waals surface area contributed by atoms with Gasteiger partial charge in [-0.2, -0.15) is 0 Å². The SMILES string of the molecule is C[C@H](NCCc1ccc(OCC(=O)O)c(C(=O)N(C)C)c1)[C@H](O)c1ccc(O)cc1. The molecule has 8 heteroatoms. The molecule has 0 saturated heterocycles. The molecule has 2 atom stereocenters. The van der Waals surface area contributed by atoms with Gasteiger partial charge in [-0.25, -0.2) is 4.79 Å². The van der Waals surface area contributed by atoms with Crippen LogP contribution in [0.25, 0.3) is 0 Å². The number of phenols is 1. The normalized spacial score (nSPS) is 12.8. The highest BCUT2D eigenvalue weighted by molar-refractivity contribution is 5.97. The standard InChI is InChI=1S/C22H28N2O6/c1-14(21(28)16-5-7-17(25)8-6-16)23-11-10-15-4-9-19(30-13-20(26)27)18(12-15)22(29)24(2)3/h4-9,12,14,21,23,25,28H,10-11,13H2,1-3H3,(H,26,27)/t14-,21-/m0/s1. The Hall–Kier alpha value is -3.10. The first-order chi connectivity index (χ1) is 14.2. The minimum Gasteiger partial charge on any atom is -0.508 e. The fourth-order valence-corrected chi connectivity index (χ4v) is 2.92. The van der Waals surface area contributed by atoms with E-state index in [1.54, 1.807) is 44.4 Å². The Balaban J connectivity index is 2.01. The van der Waals surface area contributed by atoms with Crippen LogP contribution in [-0.2, 0) is 11.2 Å². The van der Waals surface area contributed by atoms with Crippen molar-refractivity contribution in [3.05, 3.63) is 59.2 Å². The van der Waals surface area contributed by atoms with Gasteiger partial charge in [-0.15, -0.1) is 0 Å². The van der Waals surface area contributed by atoms with Gasteiger partial charge in [0.1, 0.15) is 11.5 Å². The van der Waals surface area contributed by atoms with Crippen molar-refractivity contribution < 1.29 is 29.6 Å². The van der Waals surface area contributed by atoms with Crippen molar-refractivity contribution in [2.75, 3.05) is 27.2 Å². The average Bonchev–Trinajstić information content (AvgIpc) is 2.71. The van der Waals surface area contributed by atoms with E-state index >= 15 is 0 Å². The number of carbonyl (C=O) groups is 2. The van der Waals surface area contributed by atoms with Gasteiger partial charge < -0.3 is 30.3 Å². The maximum atomic E-state index is 12.4. The Morgan fingerprint density at radius 3 is 2.40 bits per heavy atom. The van der Waals surface area contributed by atoms with E-state index in [0.717, 1.165) is 5.56 Å². The number of aliphatic hydroxyl groups excluding tert-OH is 1. The molecule has 0 aliphatic carbocycles. The maximum Gasteiger partial charge on any atom is 0.341 e. The summed E-state index contributed by atoms with van der Waals surface area (Å²) in [5.74, 6) is -1.02. The van der Waals surface area contributed by atoms with Gasteiger partial charge in [-0.1, -0.05) is 18.2 Å². The number of nitrogens with zero attached hydrogens (tertiary/aromatic N) is 1. The Kier molecular flexibility index (Phi) is 8.20. The molecule has 0 aliphatic rings. The van der Waals surface area contributed by atoms with Crippen LogP contribution in [0.4, 0.5) is 0 Å². The molecule has 0 radical (unpaired) electrons. The van der Waals surface area contributed by atoms with Crippen LogP contribution in [0, 0.1) is 0 Å². The van der Waals surface area contributed by atoms with Gasteiger partial charge in [0.15, 0.2) is 6.61 Å². The second-order valence-corrected chi connectivity index (χ2v) is 7.24. The molecule has 2 rings (SSSR count). The summed E-state index contributed by atoms with van der Waals surface area (Å²) in [7, 11) is 3.23. The molecule has 0 saturated carbocycles. The van der Waals surface area contributed by atoms with Crippen LogP contribution in [0.15, 0.2) is 42.5 Å². The number of amides is 1. The van der Waals surface area contributed by atoms with Gasteiger partial charge in [0.25, 0.3) is 5.91 Å². The lowest BCUT2D eigenvalue weighted by atomic mass is 10.0. The van der Waals surface area contributed by atoms with Crippen LogP contribution < -0.4 is 10.1 Å². The molecule has 2 aromatic rings. The monoisotopic (exact) mass is 416 g/mol. The molecule has 2 aromatic carbocycles. The third kappa shape index (κ3) is 6.47. The van der Waals surface area contributed by atoms with Gasteiger partial charge in [0, 0.05) is 20.1 Å². The fourth-order valence-electron chi connectivity index (χ4n) is 2.92. The number of carboxylic acid groups (broad SMARTS) is 1. The molecule has 4 N–H and O–H groups in total. The summed E-state index contributed by atoms with van der Waals surface area (Å²) in [6, 6.07) is 11.3. The lowest BCUT2D eigenvalue weighted by Gasteiger charge is -2.21. The number of aliphatic carboxylic acids is 1. The van der Waals surface area contributed by atoms with Crippen LogP contribution in [0.1, 0.15) is 34.5 Å². The van der Waals surface area contributed by atoms with Crippen LogP contribution in [-0.4, -0.2) is 65.4 Å². The largest absolute Gasteiger partial charge is 0.508 e. The van der Waals surface area contributed by atoms with E-state index in [-0.39, 0.29) is 23.4 Å². The number of hydrogen-bond acceptors (Lipinski definition) is 6. The molecular weight excluding hydrogens is 388 g/mol. The lowest BCUT2D eigenvalue weighted by molar-refractivity contribution is -0.139. The molecule has 0 heterocycles. The number of benzene rings is 2. The zero-order chi connectivity index (χ0) is 22.3. The Morgan fingerprint density at radius 2 is 1.80 bits per heavy atom. The molecule has 0 aliphatic heterocycles. The van der Waals surface area contributed by atoms with E-state index in [1.165, 1.54) is 17.0 Å². The number of ether oxygens (including phenoxy) is 1. The number of carbonyl (C=O) groups excluding carboxylic acids is 1. The van der Waals surface area contributed by atoms with Crippen molar-refractivity contribution >= 4 is 11.9 Å². The first-order valence-electron chi connectivity index (χ1n) is 9.58. The maximum absolute atomic E-state index is 12.4. The van der Waals surface area contributed by atoms with Gasteiger partial charge in [0.05, 0.1) is 11.7 Å². The minimum absolute atomic E-state index is 0.144. The Bertz CT molecular complexity index is 866. The molecule has 0 unspecified atom stereocenters. The van der Waals surface area contributed by atoms with E-state index in [1.807, 2.05) is 6.92 Å². The molecule has 8 nitrogen and oxygen atoms in total. The Morgan fingerprint density at radius 1 is 1.13 bits per heavy atom. The number of hydrogen-bond donors (Lipinski definition) is 4. The first-order valence-corrected chi connectivity index (χ1v) is 9.58. The summed E-state index contributed by atoms with van der Waals surface area (Å²) in [4.78, 5) is 24.6. The average molecular weight is 416 g/mol. The number of rotatable bonds is 10. The van der Waals surface area contributed by atoms with E-state index in [2.05, 4.69) is 5.32 Å². The molecule has 30 heavy (non-hydrogen) atoms. The lowest BCUT2D eigenvalue weighted by Crippen LogP contribution is -2.33. The molecular formula is C22H28N2O6. The quantitative estimate of drug-likeness (QED) is 0.466. The van der Waals surface area contributed by atoms with E-state index in [4.69, 9.17) is 9.84 Å². The van der Waals surface area contributed by atoms with E-state index < -0.39 is 18.7 Å². The highest BCUT2D eigenvalue weighted by Crippen LogP contribution is 2.23. The zero-order valence-electron chi connectivity index (χ0n) is 17.3. The summed E-state index contributed by atoms with van der Waals surface area (Å²) in [5.41, 5.74) is 1.88. The highest BCUT2D eigenvalue weighted by Gasteiger charge is 2.18. The predicted octanol–water partition coefficient (Wildman–Crippen LogP) is 1.81. The number of aromatic hydroxyl groups is 1. The van der Waals surface area contributed by atoms with Crippen LogP contribution in [0.2, 0.25) is 0 Å². The predicted molar refractivity (Wildman–Crippen MR) is 112 cm³/mol. The van der Waals surface area contributed by atoms with Crippen molar-refractivity contribution in [1.29, 1.82) is 0 Å². The molecule has 1 amide bonds. The first kappa shape index (κ1) is 23.2. The summed E-state index contributed by atoms with van der Waals surface area (Å²) >= 11 is 0. The highest BCUT2D eigenvalue weighted by atomic mass is 16.5. The van der Waals surface area contributed by atoms with E-state index in [0.29, 0.717) is 24.1 Å². The zero-order valence-corrected chi connectivity index (χ0v) is 17.3. The summed E-state index contributed by atoms with van der Waals surface area (Å²) in [6.07, 6.45) is -0.136. The molecule has 0 bridgehead atoms. The van der Waals surface area contributed by atoms with Gasteiger partial charge in [-0.05, 0) is 55.3 Å². The summed E-state index contributed by atoms with van der Waals surface area (Å²) < 4.78 is 5.24. The second kappa shape index (κ2) is 10.6. The molecule has 0 aromatic heterocycles. The molecule has 0 fully saturated rings. The third-order valence-corrected chi connectivity index (χ3v) is 4.62. The second-order valence-electron chi connectivity index (χ2n) is 7.24. The van der Waals surface area contributed by atoms with Crippen LogP contribution in [0.3, 0.4) is 0 Å². The fraction of sp³-hybridized carbons (Fsp3) is 0.364. The van der Waals surface area contributed by atoms with Crippen molar-refractivity contribution in [1.82, 2.24) is 10.2 Å². The van der Waals surface area contributed by atoms with Crippen LogP contribution in [0.5, 0.6) is 11.5 Å². The Labute approximate surface area is 175 Å². The number of nitrogens with one attached hydrogen (secondary N) is 1. The third-order valence-electron chi connectivity index (χ3n) is 4.62. The molecule has 0 spiro atoms. The van der Waals surface area contributed by atoms with Crippen molar-refractivity contribution in [2.24, 2.45) is 0 Å². The van der Waals surface area contributed by atoms with Gasteiger partial charge >= 0.3 is 5.97 Å². The van der Waals surface area contributed by atoms with E-state index in [9.17, 15) is 19.8 Å². The minimum atomic E-state index is -1.12. The number of aliphatic hydroxyl groups is 1. The number of carboxylic acids is 1. The topological polar surface area (TPSA) is 119 Å².